The molecule has 0 saturated carbocycles. The number of ether oxygens (including phenoxy) is 2. The number of hydrogen-bond acceptors (Lipinski definition) is 4. The van der Waals surface area contributed by atoms with Crippen LogP contribution < -0.4 is 9.47 Å². The number of hydrogen-bond donors (Lipinski definition) is 0. The van der Waals surface area contributed by atoms with E-state index in [0.29, 0.717) is 17.1 Å². The molecule has 0 aliphatic carbocycles. The number of pyridine rings is 1. The Labute approximate surface area is 147 Å². The molecule has 0 spiro atoms. The number of amides is 1. The van der Waals surface area contributed by atoms with Crippen molar-refractivity contribution in [1.82, 2.24) is 9.88 Å². The maximum Gasteiger partial charge on any atom is 0.299 e. The highest BCUT2D eigenvalue weighted by atomic mass is 16.7. The molecule has 0 saturated heterocycles. The molecule has 1 atom stereocenters. The van der Waals surface area contributed by atoms with Crippen molar-refractivity contribution in [2.24, 2.45) is 5.92 Å². The van der Waals surface area contributed by atoms with Gasteiger partial charge >= 0.3 is 0 Å². The van der Waals surface area contributed by atoms with Gasteiger partial charge in [0, 0.05) is 30.9 Å². The average Bonchev–Trinajstić information content (AvgIpc) is 3.08. The molecule has 1 aliphatic rings. The zero-order chi connectivity index (χ0) is 17.8. The molecule has 1 aliphatic heterocycles. The fourth-order valence-corrected chi connectivity index (χ4v) is 2.92. The number of aromatic nitrogens is 1. The van der Waals surface area contributed by atoms with Crippen molar-refractivity contribution in [3.63, 3.8) is 0 Å². The fourth-order valence-electron chi connectivity index (χ4n) is 2.92. The summed E-state index contributed by atoms with van der Waals surface area (Å²) in [4.78, 5) is 18.4. The third-order valence-corrected chi connectivity index (χ3v) is 4.08. The minimum atomic E-state index is -0.236. The predicted molar refractivity (Wildman–Crippen MR) is 94.0 cm³/mol. The molecule has 0 unspecified atom stereocenters. The topological polar surface area (TPSA) is 51.7 Å². The van der Waals surface area contributed by atoms with E-state index in [9.17, 15) is 4.79 Å². The Kier molecular flexibility index (Phi) is 4.90. The van der Waals surface area contributed by atoms with Crippen LogP contribution >= 0.6 is 0 Å². The van der Waals surface area contributed by atoms with E-state index in [2.05, 4.69) is 30.7 Å². The molecule has 5 heteroatoms. The van der Waals surface area contributed by atoms with Gasteiger partial charge in [0.15, 0.2) is 11.5 Å². The Morgan fingerprint density at radius 2 is 2.04 bits per heavy atom. The molecule has 128 valence electrons. The van der Waals surface area contributed by atoms with Crippen LogP contribution in [0.4, 0.5) is 0 Å². The van der Waals surface area contributed by atoms with Crippen LogP contribution in [0.25, 0.3) is 0 Å². The summed E-state index contributed by atoms with van der Waals surface area (Å²) in [5.74, 6) is 6.98. The second-order valence-electron chi connectivity index (χ2n) is 6.21. The van der Waals surface area contributed by atoms with Gasteiger partial charge in [0.25, 0.3) is 5.91 Å². The van der Waals surface area contributed by atoms with E-state index in [4.69, 9.17) is 9.47 Å². The summed E-state index contributed by atoms with van der Waals surface area (Å²) in [6.07, 6.45) is 3.52. The Morgan fingerprint density at radius 3 is 2.76 bits per heavy atom. The standard InChI is InChI=1S/C20H20N2O3/c1-14(2)20(16-5-4-10-21-12-16)22(3)19(23)9-7-15-6-8-17-18(11-15)25-13-24-17/h4-6,8,10-12,14,20H,13H2,1-3H3/t20-/m0/s1. The van der Waals surface area contributed by atoms with E-state index in [-0.39, 0.29) is 24.7 Å². The second-order valence-corrected chi connectivity index (χ2v) is 6.21. The third-order valence-electron chi connectivity index (χ3n) is 4.08. The quantitative estimate of drug-likeness (QED) is 0.809. The number of carbonyl (C=O) groups excluding carboxylic acids is 1. The SMILES string of the molecule is CC(C)[C@@H](c1cccnc1)N(C)C(=O)C#Cc1ccc2c(c1)OCO2. The molecule has 25 heavy (non-hydrogen) atoms. The third kappa shape index (κ3) is 3.74. The van der Waals surface area contributed by atoms with Crippen molar-refractivity contribution in [3.05, 3.63) is 53.9 Å². The molecule has 1 amide bonds. The molecular formula is C20H20N2O3. The van der Waals surface area contributed by atoms with Crippen molar-refractivity contribution in [3.8, 4) is 23.3 Å². The normalized spacial score (nSPS) is 13.1. The van der Waals surface area contributed by atoms with Gasteiger partial charge in [0.1, 0.15) is 0 Å². The van der Waals surface area contributed by atoms with Gasteiger partial charge in [0.2, 0.25) is 6.79 Å². The van der Waals surface area contributed by atoms with Gasteiger partial charge < -0.3 is 14.4 Å². The van der Waals surface area contributed by atoms with Crippen molar-refractivity contribution < 1.29 is 14.3 Å². The Balaban J connectivity index is 1.78. The number of fused-ring (bicyclic) bond motifs is 1. The molecule has 2 heterocycles. The average molecular weight is 336 g/mol. The van der Waals surface area contributed by atoms with Gasteiger partial charge in [0.05, 0.1) is 6.04 Å². The summed E-state index contributed by atoms with van der Waals surface area (Å²) in [7, 11) is 1.77. The van der Waals surface area contributed by atoms with E-state index >= 15 is 0 Å². The van der Waals surface area contributed by atoms with Gasteiger partial charge in [-0.3, -0.25) is 9.78 Å². The van der Waals surface area contributed by atoms with Crippen molar-refractivity contribution in [2.45, 2.75) is 19.9 Å². The maximum atomic E-state index is 12.5. The fraction of sp³-hybridized carbons (Fsp3) is 0.300. The van der Waals surface area contributed by atoms with Gasteiger partial charge in [-0.25, -0.2) is 0 Å². The first-order chi connectivity index (χ1) is 12.1. The molecule has 1 aromatic heterocycles. The Morgan fingerprint density at radius 1 is 1.24 bits per heavy atom. The van der Waals surface area contributed by atoms with E-state index in [0.717, 1.165) is 5.56 Å². The molecule has 0 fully saturated rings. The van der Waals surface area contributed by atoms with Crippen molar-refractivity contribution >= 4 is 5.91 Å². The zero-order valence-corrected chi connectivity index (χ0v) is 14.5. The van der Waals surface area contributed by atoms with Crippen LogP contribution in [0, 0.1) is 17.8 Å². The monoisotopic (exact) mass is 336 g/mol. The highest BCUT2D eigenvalue weighted by molar-refractivity contribution is 5.94. The molecular weight excluding hydrogens is 316 g/mol. The first-order valence-electron chi connectivity index (χ1n) is 8.14. The van der Waals surface area contributed by atoms with Gasteiger partial charge in [-0.15, -0.1) is 0 Å². The lowest BCUT2D eigenvalue weighted by atomic mass is 9.96. The van der Waals surface area contributed by atoms with Crippen LogP contribution in [0.3, 0.4) is 0 Å². The summed E-state index contributed by atoms with van der Waals surface area (Å²) in [5.41, 5.74) is 1.71. The van der Waals surface area contributed by atoms with Crippen LogP contribution in [0.15, 0.2) is 42.7 Å². The summed E-state index contributed by atoms with van der Waals surface area (Å²) < 4.78 is 10.6. The van der Waals surface area contributed by atoms with Crippen LogP contribution in [0.2, 0.25) is 0 Å². The van der Waals surface area contributed by atoms with Crippen LogP contribution in [0.5, 0.6) is 11.5 Å². The first kappa shape index (κ1) is 16.8. The van der Waals surface area contributed by atoms with Crippen molar-refractivity contribution in [2.75, 3.05) is 13.8 Å². The molecule has 3 rings (SSSR count). The van der Waals surface area contributed by atoms with Gasteiger partial charge in [-0.2, -0.15) is 0 Å². The smallest absolute Gasteiger partial charge is 0.299 e. The summed E-state index contributed by atoms with van der Waals surface area (Å²) in [5, 5.41) is 0. The van der Waals surface area contributed by atoms with Crippen molar-refractivity contribution in [1.29, 1.82) is 0 Å². The summed E-state index contributed by atoms with van der Waals surface area (Å²) in [6, 6.07) is 9.17. The van der Waals surface area contributed by atoms with Crippen LogP contribution in [-0.2, 0) is 4.79 Å². The lowest BCUT2D eigenvalue weighted by Crippen LogP contribution is -2.33. The molecule has 2 aromatic rings. The summed E-state index contributed by atoms with van der Waals surface area (Å²) >= 11 is 0. The highest BCUT2D eigenvalue weighted by Crippen LogP contribution is 2.32. The molecule has 5 nitrogen and oxygen atoms in total. The minimum absolute atomic E-state index is 0.0766. The predicted octanol–water partition coefficient (Wildman–Crippen LogP) is 3.02. The number of rotatable bonds is 3. The van der Waals surface area contributed by atoms with E-state index in [1.807, 2.05) is 18.2 Å². The van der Waals surface area contributed by atoms with Crippen LogP contribution in [-0.4, -0.2) is 29.6 Å². The van der Waals surface area contributed by atoms with E-state index in [1.165, 1.54) is 0 Å². The molecule has 0 radical (unpaired) electrons. The zero-order valence-electron chi connectivity index (χ0n) is 14.5. The van der Waals surface area contributed by atoms with E-state index in [1.54, 1.807) is 36.5 Å². The number of nitrogens with zero attached hydrogens (tertiary/aromatic N) is 2. The maximum absolute atomic E-state index is 12.5. The lowest BCUT2D eigenvalue weighted by molar-refractivity contribution is -0.126. The van der Waals surface area contributed by atoms with Gasteiger partial charge in [-0.1, -0.05) is 25.8 Å². The Hall–Kier alpha value is -3.00. The molecule has 0 N–H and O–H groups in total. The highest BCUT2D eigenvalue weighted by Gasteiger charge is 2.24. The van der Waals surface area contributed by atoms with Crippen LogP contribution in [0.1, 0.15) is 31.0 Å². The first-order valence-corrected chi connectivity index (χ1v) is 8.14. The van der Waals surface area contributed by atoms with Gasteiger partial charge in [-0.05, 0) is 35.7 Å². The minimum Gasteiger partial charge on any atom is -0.454 e. The number of carbonyl (C=O) groups is 1. The second kappa shape index (κ2) is 7.27. The molecule has 1 aromatic carbocycles. The summed E-state index contributed by atoms with van der Waals surface area (Å²) in [6.45, 7) is 4.37. The lowest BCUT2D eigenvalue weighted by Gasteiger charge is -2.30. The number of benzene rings is 1. The Bertz CT molecular complexity index is 822. The van der Waals surface area contributed by atoms with E-state index < -0.39 is 0 Å². The molecule has 0 bridgehead atoms. The largest absolute Gasteiger partial charge is 0.454 e.